The number of carbonyl (C=O) groups is 1. The van der Waals surface area contributed by atoms with Crippen LogP contribution in [0, 0.1) is 5.92 Å². The van der Waals surface area contributed by atoms with Crippen LogP contribution in [0.3, 0.4) is 0 Å². The molecule has 0 heterocycles. The van der Waals surface area contributed by atoms with Gasteiger partial charge in [0.25, 0.3) is 0 Å². The molecule has 3 N–H and O–H groups in total. The smallest absolute Gasteiger partial charge is 0.315 e. The minimum absolute atomic E-state index is 0.169. The maximum absolute atomic E-state index is 11.8. The van der Waals surface area contributed by atoms with Crippen molar-refractivity contribution in [2.45, 2.75) is 39.5 Å². The Morgan fingerprint density at radius 1 is 1.18 bits per heavy atom. The molecule has 0 aliphatic rings. The van der Waals surface area contributed by atoms with Crippen LogP contribution in [0.25, 0.3) is 0 Å². The van der Waals surface area contributed by atoms with Crippen molar-refractivity contribution in [3.63, 3.8) is 0 Å². The first-order valence-electron chi connectivity index (χ1n) is 7.79. The minimum Gasteiger partial charge on any atom is -0.393 e. The van der Waals surface area contributed by atoms with Crippen molar-refractivity contribution in [3.8, 4) is 0 Å². The molecule has 0 bridgehead atoms. The van der Waals surface area contributed by atoms with Crippen LogP contribution in [0.15, 0.2) is 24.3 Å². The molecule has 1 aromatic rings. The molecule has 1 aromatic carbocycles. The summed E-state index contributed by atoms with van der Waals surface area (Å²) in [5, 5.41) is 15.0. The number of amides is 2. The summed E-state index contributed by atoms with van der Waals surface area (Å²) in [6.07, 6.45) is 0.351. The van der Waals surface area contributed by atoms with Gasteiger partial charge in [0, 0.05) is 19.6 Å². The highest BCUT2D eigenvalue weighted by Gasteiger charge is 2.09. The average molecular weight is 307 g/mol. The lowest BCUT2D eigenvalue weighted by molar-refractivity contribution is 0.163. The number of aliphatic hydroxyl groups excluding tert-OH is 1. The Hall–Kier alpha value is -1.59. The van der Waals surface area contributed by atoms with Crippen LogP contribution in [-0.2, 0) is 13.1 Å². The van der Waals surface area contributed by atoms with Crippen LogP contribution in [0.4, 0.5) is 4.79 Å². The van der Waals surface area contributed by atoms with E-state index in [2.05, 4.69) is 21.6 Å². The van der Waals surface area contributed by atoms with E-state index in [9.17, 15) is 9.90 Å². The lowest BCUT2D eigenvalue weighted by Crippen LogP contribution is -2.38. The number of hydrogen-bond acceptors (Lipinski definition) is 3. The van der Waals surface area contributed by atoms with Crippen LogP contribution in [0.5, 0.6) is 0 Å². The molecule has 0 saturated heterocycles. The Bertz CT molecular complexity index is 461. The SMILES string of the molecule is CC(O)CC(C)CNC(=O)NCc1ccccc1CN(C)C. The predicted octanol–water partition coefficient (Wildman–Crippen LogP) is 1.95. The third-order valence-electron chi connectivity index (χ3n) is 3.40. The molecule has 0 spiro atoms. The molecule has 22 heavy (non-hydrogen) atoms. The number of nitrogens with zero attached hydrogens (tertiary/aromatic N) is 1. The average Bonchev–Trinajstić information content (AvgIpc) is 2.43. The van der Waals surface area contributed by atoms with Crippen LogP contribution < -0.4 is 10.6 Å². The van der Waals surface area contributed by atoms with E-state index in [1.807, 2.05) is 39.2 Å². The van der Waals surface area contributed by atoms with E-state index < -0.39 is 0 Å². The van der Waals surface area contributed by atoms with E-state index in [4.69, 9.17) is 0 Å². The van der Waals surface area contributed by atoms with Gasteiger partial charge in [0.15, 0.2) is 0 Å². The second-order valence-corrected chi connectivity index (χ2v) is 6.26. The van der Waals surface area contributed by atoms with Gasteiger partial charge in [0.05, 0.1) is 6.10 Å². The first kappa shape index (κ1) is 18.5. The first-order valence-corrected chi connectivity index (χ1v) is 7.79. The van der Waals surface area contributed by atoms with Crippen molar-refractivity contribution < 1.29 is 9.90 Å². The highest BCUT2D eigenvalue weighted by atomic mass is 16.3. The van der Waals surface area contributed by atoms with Gasteiger partial charge in [-0.25, -0.2) is 4.79 Å². The molecular weight excluding hydrogens is 278 g/mol. The van der Waals surface area contributed by atoms with E-state index in [-0.39, 0.29) is 18.1 Å². The normalized spacial score (nSPS) is 13.7. The minimum atomic E-state index is -0.335. The van der Waals surface area contributed by atoms with E-state index in [1.165, 1.54) is 5.56 Å². The van der Waals surface area contributed by atoms with Gasteiger partial charge in [-0.2, -0.15) is 0 Å². The predicted molar refractivity (Wildman–Crippen MR) is 89.5 cm³/mol. The molecule has 0 aromatic heterocycles. The molecule has 0 radical (unpaired) electrons. The van der Waals surface area contributed by atoms with Gasteiger partial charge >= 0.3 is 6.03 Å². The fraction of sp³-hybridized carbons (Fsp3) is 0.588. The largest absolute Gasteiger partial charge is 0.393 e. The molecule has 5 nitrogen and oxygen atoms in total. The van der Waals surface area contributed by atoms with Crippen molar-refractivity contribution in [1.29, 1.82) is 0 Å². The van der Waals surface area contributed by atoms with Crippen molar-refractivity contribution in [3.05, 3.63) is 35.4 Å². The van der Waals surface area contributed by atoms with Gasteiger partial charge in [0.2, 0.25) is 0 Å². The number of benzene rings is 1. The zero-order valence-corrected chi connectivity index (χ0v) is 14.1. The maximum Gasteiger partial charge on any atom is 0.315 e. The van der Waals surface area contributed by atoms with Crippen LogP contribution in [0.2, 0.25) is 0 Å². The highest BCUT2D eigenvalue weighted by Crippen LogP contribution is 2.10. The van der Waals surface area contributed by atoms with Crippen LogP contribution in [0.1, 0.15) is 31.4 Å². The lowest BCUT2D eigenvalue weighted by atomic mass is 10.1. The zero-order valence-electron chi connectivity index (χ0n) is 14.1. The van der Waals surface area contributed by atoms with Gasteiger partial charge in [0.1, 0.15) is 0 Å². The number of nitrogens with one attached hydrogen (secondary N) is 2. The second kappa shape index (κ2) is 9.43. The molecule has 5 heteroatoms. The van der Waals surface area contributed by atoms with E-state index in [1.54, 1.807) is 6.92 Å². The summed E-state index contributed by atoms with van der Waals surface area (Å²) in [4.78, 5) is 14.0. The van der Waals surface area contributed by atoms with Crippen LogP contribution >= 0.6 is 0 Å². The van der Waals surface area contributed by atoms with E-state index in [0.29, 0.717) is 19.5 Å². The number of rotatable bonds is 8. The van der Waals surface area contributed by atoms with E-state index in [0.717, 1.165) is 12.1 Å². The number of urea groups is 1. The van der Waals surface area contributed by atoms with Crippen molar-refractivity contribution in [2.75, 3.05) is 20.6 Å². The maximum atomic E-state index is 11.8. The third-order valence-corrected chi connectivity index (χ3v) is 3.40. The van der Waals surface area contributed by atoms with Crippen LogP contribution in [-0.4, -0.2) is 42.8 Å². The van der Waals surface area contributed by atoms with E-state index >= 15 is 0 Å². The van der Waals surface area contributed by atoms with Gasteiger partial charge < -0.3 is 20.6 Å². The molecule has 0 aliphatic heterocycles. The summed E-state index contributed by atoms with van der Waals surface area (Å²) in [5.74, 6) is 0.256. The molecule has 2 unspecified atom stereocenters. The Labute approximate surface area is 133 Å². The quantitative estimate of drug-likeness (QED) is 0.688. The summed E-state index contributed by atoms with van der Waals surface area (Å²) in [6.45, 7) is 5.71. The Kier molecular flexibility index (Phi) is 7.91. The summed E-state index contributed by atoms with van der Waals surface area (Å²) in [6, 6.07) is 7.95. The van der Waals surface area contributed by atoms with Gasteiger partial charge in [-0.15, -0.1) is 0 Å². The molecule has 2 amide bonds. The Morgan fingerprint density at radius 3 is 2.41 bits per heavy atom. The number of hydrogen-bond donors (Lipinski definition) is 3. The molecule has 1 rings (SSSR count). The first-order chi connectivity index (χ1) is 10.4. The molecule has 124 valence electrons. The lowest BCUT2D eigenvalue weighted by Gasteiger charge is -2.16. The zero-order chi connectivity index (χ0) is 16.5. The molecular formula is C17H29N3O2. The van der Waals surface area contributed by atoms with Gasteiger partial charge in [-0.05, 0) is 44.5 Å². The molecule has 0 aliphatic carbocycles. The monoisotopic (exact) mass is 307 g/mol. The topological polar surface area (TPSA) is 64.6 Å². The number of aliphatic hydroxyl groups is 1. The third kappa shape index (κ3) is 7.43. The molecule has 0 saturated carbocycles. The second-order valence-electron chi connectivity index (χ2n) is 6.26. The summed E-state index contributed by atoms with van der Waals surface area (Å²) >= 11 is 0. The fourth-order valence-corrected chi connectivity index (χ4v) is 2.40. The fourth-order valence-electron chi connectivity index (χ4n) is 2.40. The Morgan fingerprint density at radius 2 is 1.82 bits per heavy atom. The van der Waals surface area contributed by atoms with Crippen molar-refractivity contribution in [1.82, 2.24) is 15.5 Å². The van der Waals surface area contributed by atoms with Crippen molar-refractivity contribution >= 4 is 6.03 Å². The van der Waals surface area contributed by atoms with Crippen molar-refractivity contribution in [2.24, 2.45) is 5.92 Å². The highest BCUT2D eigenvalue weighted by molar-refractivity contribution is 5.73. The Balaban J connectivity index is 2.41. The summed E-state index contributed by atoms with van der Waals surface area (Å²) in [5.41, 5.74) is 2.35. The summed E-state index contributed by atoms with van der Waals surface area (Å²) in [7, 11) is 4.06. The standard InChI is InChI=1S/C17H29N3O2/c1-13(9-14(2)21)10-18-17(22)19-11-15-7-5-6-8-16(15)12-20(3)4/h5-8,13-14,21H,9-12H2,1-4H3,(H2,18,19,22). The van der Waals surface area contributed by atoms with Gasteiger partial charge in [-0.3, -0.25) is 0 Å². The summed E-state index contributed by atoms with van der Waals surface area (Å²) < 4.78 is 0. The number of carbonyl (C=O) groups excluding carboxylic acids is 1. The molecule has 0 fully saturated rings. The van der Waals surface area contributed by atoms with Gasteiger partial charge in [-0.1, -0.05) is 31.2 Å². The molecule has 2 atom stereocenters.